The molecule has 0 aliphatic heterocycles. The summed E-state index contributed by atoms with van der Waals surface area (Å²) in [6.07, 6.45) is 0. The van der Waals surface area contributed by atoms with Crippen molar-refractivity contribution in [2.45, 2.75) is 57.8 Å². The first kappa shape index (κ1) is 53.3. The molecular formula is C89H63N5. The molecule has 0 bridgehead atoms. The fourth-order valence-corrected chi connectivity index (χ4v) is 17.4. The summed E-state index contributed by atoms with van der Waals surface area (Å²) in [6.45, 7) is 14.2. The summed E-state index contributed by atoms with van der Waals surface area (Å²) in [6, 6.07) is 102. The minimum Gasteiger partial charge on any atom is -0.309 e. The monoisotopic (exact) mass is 1200 g/mol. The van der Waals surface area contributed by atoms with E-state index >= 15 is 0 Å². The van der Waals surface area contributed by atoms with Crippen molar-refractivity contribution in [1.82, 2.24) is 23.7 Å². The predicted octanol–water partition coefficient (Wildman–Crippen LogP) is 22.8. The van der Waals surface area contributed by atoms with E-state index < -0.39 is 0 Å². The smallest absolute Gasteiger partial charge is 0.160 e. The zero-order valence-corrected chi connectivity index (χ0v) is 53.2. The van der Waals surface area contributed by atoms with Crippen molar-refractivity contribution >= 4 is 76.3 Å². The van der Waals surface area contributed by atoms with Crippen LogP contribution in [-0.2, 0) is 16.2 Å². The van der Waals surface area contributed by atoms with Gasteiger partial charge in [-0.15, -0.1) is 0 Å². The first-order chi connectivity index (χ1) is 45.9. The fourth-order valence-electron chi connectivity index (χ4n) is 17.4. The molecule has 444 valence electrons. The van der Waals surface area contributed by atoms with Crippen LogP contribution in [-0.4, -0.2) is 23.7 Å². The predicted molar refractivity (Wildman–Crippen MR) is 392 cm³/mol. The van der Waals surface area contributed by atoms with E-state index in [1.165, 1.54) is 132 Å². The van der Waals surface area contributed by atoms with Crippen LogP contribution in [0.15, 0.2) is 273 Å². The summed E-state index contributed by atoms with van der Waals surface area (Å²) in [7, 11) is 0. The van der Waals surface area contributed by atoms with E-state index in [9.17, 15) is 0 Å². The lowest BCUT2D eigenvalue weighted by atomic mass is 9.82. The molecule has 13 aromatic carbocycles. The Labute approximate surface area is 545 Å². The number of hydrogen-bond acceptors (Lipinski definition) is 2. The van der Waals surface area contributed by atoms with Crippen LogP contribution in [0.5, 0.6) is 0 Å². The van der Waals surface area contributed by atoms with Crippen molar-refractivity contribution in [1.29, 1.82) is 0 Å². The molecule has 3 aliphatic rings. The maximum absolute atomic E-state index is 5.73. The Kier molecular flexibility index (Phi) is 10.7. The molecule has 3 aliphatic carbocycles. The van der Waals surface area contributed by atoms with E-state index in [-0.39, 0.29) is 16.2 Å². The van der Waals surface area contributed by atoms with Crippen LogP contribution in [0, 0.1) is 0 Å². The Hall–Kier alpha value is -11.4. The Morgan fingerprint density at radius 3 is 1.09 bits per heavy atom. The molecule has 4 heterocycles. The van der Waals surface area contributed by atoms with Gasteiger partial charge in [0.15, 0.2) is 5.82 Å². The number of fused-ring (bicyclic) bond motifs is 19. The summed E-state index contributed by atoms with van der Waals surface area (Å²) in [4.78, 5) is 11.3. The van der Waals surface area contributed by atoms with Gasteiger partial charge in [-0.25, -0.2) is 9.97 Å². The van der Waals surface area contributed by atoms with E-state index in [0.717, 1.165) is 55.9 Å². The van der Waals surface area contributed by atoms with Gasteiger partial charge < -0.3 is 13.7 Å². The molecule has 94 heavy (non-hydrogen) atoms. The molecule has 0 unspecified atom stereocenters. The second-order valence-corrected chi connectivity index (χ2v) is 28.1. The van der Waals surface area contributed by atoms with E-state index in [4.69, 9.17) is 9.97 Å². The van der Waals surface area contributed by atoms with Crippen LogP contribution in [0.3, 0.4) is 0 Å². The maximum atomic E-state index is 5.73. The summed E-state index contributed by atoms with van der Waals surface area (Å²) in [5.74, 6) is 0.672. The lowest BCUT2D eigenvalue weighted by molar-refractivity contribution is 0.661. The van der Waals surface area contributed by atoms with Crippen LogP contribution in [0.1, 0.15) is 74.9 Å². The highest BCUT2D eigenvalue weighted by Gasteiger charge is 2.39. The molecule has 0 N–H and O–H groups in total. The largest absolute Gasteiger partial charge is 0.309 e. The highest BCUT2D eigenvalue weighted by molar-refractivity contribution is 6.15. The maximum Gasteiger partial charge on any atom is 0.160 e. The van der Waals surface area contributed by atoms with Gasteiger partial charge in [0.2, 0.25) is 0 Å². The fraction of sp³-hybridized carbons (Fsp3) is 0.101. The quantitative estimate of drug-likeness (QED) is 0.166. The number of nitrogens with zero attached hydrogens (tertiary/aromatic N) is 5. The minimum absolute atomic E-state index is 0.133. The van der Waals surface area contributed by atoms with Gasteiger partial charge in [0, 0.05) is 82.1 Å². The van der Waals surface area contributed by atoms with Gasteiger partial charge in [-0.3, -0.25) is 0 Å². The average molecular weight is 1200 g/mol. The summed E-state index contributed by atoms with van der Waals surface area (Å²) < 4.78 is 7.38. The first-order valence-corrected chi connectivity index (χ1v) is 33.0. The normalized spacial score (nSPS) is 14.5. The molecule has 0 atom stereocenters. The number of benzene rings is 13. The van der Waals surface area contributed by atoms with Crippen molar-refractivity contribution in [3.05, 3.63) is 306 Å². The molecule has 17 aromatic rings. The Bertz CT molecular complexity index is 6200. The molecule has 0 fully saturated rings. The third kappa shape index (κ3) is 7.24. The molecule has 0 saturated carbocycles. The van der Waals surface area contributed by atoms with Gasteiger partial charge in [0.1, 0.15) is 0 Å². The molecule has 20 rings (SSSR count). The lowest BCUT2D eigenvalue weighted by Crippen LogP contribution is -2.15. The van der Waals surface area contributed by atoms with E-state index in [1.807, 2.05) is 0 Å². The van der Waals surface area contributed by atoms with Gasteiger partial charge in [0.05, 0.1) is 44.3 Å². The number of para-hydroxylation sites is 3. The zero-order valence-electron chi connectivity index (χ0n) is 53.2. The second kappa shape index (κ2) is 18.9. The Balaban J connectivity index is 0.754. The summed E-state index contributed by atoms with van der Waals surface area (Å²) in [5, 5.41) is 8.47. The highest BCUT2D eigenvalue weighted by Crippen LogP contribution is 2.55. The van der Waals surface area contributed by atoms with Crippen LogP contribution in [0.4, 0.5) is 0 Å². The topological polar surface area (TPSA) is 40.6 Å². The molecule has 0 radical (unpaired) electrons. The van der Waals surface area contributed by atoms with Gasteiger partial charge in [-0.05, 0) is 181 Å². The lowest BCUT2D eigenvalue weighted by Gasteiger charge is -2.21. The average Bonchev–Trinajstić information content (AvgIpc) is 1.57. The number of hydrogen-bond donors (Lipinski definition) is 0. The summed E-state index contributed by atoms with van der Waals surface area (Å²) in [5.41, 5.74) is 32.1. The van der Waals surface area contributed by atoms with Crippen LogP contribution in [0.2, 0.25) is 0 Å². The molecule has 4 aromatic heterocycles. The van der Waals surface area contributed by atoms with Crippen LogP contribution < -0.4 is 0 Å². The molecule has 0 saturated heterocycles. The van der Waals surface area contributed by atoms with Crippen LogP contribution >= 0.6 is 0 Å². The van der Waals surface area contributed by atoms with E-state index in [1.54, 1.807) is 0 Å². The van der Waals surface area contributed by atoms with Gasteiger partial charge in [0.25, 0.3) is 0 Å². The third-order valence-corrected chi connectivity index (χ3v) is 22.0. The van der Waals surface area contributed by atoms with E-state index in [0.29, 0.717) is 5.82 Å². The Morgan fingerprint density at radius 2 is 0.617 bits per heavy atom. The molecule has 5 heteroatoms. The van der Waals surface area contributed by atoms with Gasteiger partial charge in [-0.2, -0.15) is 0 Å². The molecule has 0 spiro atoms. The van der Waals surface area contributed by atoms with Crippen molar-refractivity contribution in [3.8, 4) is 84.2 Å². The van der Waals surface area contributed by atoms with Gasteiger partial charge in [-0.1, -0.05) is 211 Å². The SMILES string of the molecule is CC1(C)c2ccccc2-c2cc3c4ccccc4n(-c4ccc(-c5nc(-c6cccc(-n7c8ccccc8c8cc9c(cc87)C(C)(C)c7ccccc7-9)c6)nc6ccc(-c7cccc(-n8c9ccccc9c9cc%10c(cc98)C(C)(C)c8ccccc8-%10)c7)cc56)cc4)c3cc21. The van der Waals surface area contributed by atoms with Gasteiger partial charge >= 0.3 is 0 Å². The third-order valence-electron chi connectivity index (χ3n) is 22.0. The molecule has 5 nitrogen and oxygen atoms in total. The van der Waals surface area contributed by atoms with Crippen molar-refractivity contribution in [3.63, 3.8) is 0 Å². The van der Waals surface area contributed by atoms with Crippen molar-refractivity contribution < 1.29 is 0 Å². The highest BCUT2D eigenvalue weighted by atomic mass is 15.0. The zero-order chi connectivity index (χ0) is 62.7. The van der Waals surface area contributed by atoms with Crippen molar-refractivity contribution in [2.24, 2.45) is 0 Å². The molecular weight excluding hydrogens is 1140 g/mol. The summed E-state index contributed by atoms with van der Waals surface area (Å²) >= 11 is 0. The van der Waals surface area contributed by atoms with Crippen molar-refractivity contribution in [2.75, 3.05) is 0 Å². The first-order valence-electron chi connectivity index (χ1n) is 33.0. The Morgan fingerprint density at radius 1 is 0.234 bits per heavy atom. The minimum atomic E-state index is -0.147. The van der Waals surface area contributed by atoms with Crippen LogP contribution in [0.25, 0.3) is 161 Å². The number of aromatic nitrogens is 5. The molecule has 0 amide bonds. The number of rotatable bonds is 6. The van der Waals surface area contributed by atoms with E-state index in [2.05, 4.69) is 328 Å². The second-order valence-electron chi connectivity index (χ2n) is 28.1. The standard InChI is InChI=1S/C89H63N5/c1-87(2)72-31-13-7-25-59(72)65-46-68-62-28-10-16-34-79(62)92(82(68)49-75(65)87)56-40-37-52(38-41-56)85-71-45-54(53-21-19-23-57(43-53)93-80-35-17-11-29-63(80)69-47-66-60-26-8-14-32-73(60)88(3,4)76(66)50-83(69)93)39-42-78(71)90-86(91-85)55-22-20-24-58(44-55)94-81-36-18-12-30-64(81)70-48-67-61-27-9-15-33-74(61)89(5,6)77(67)51-84(70)94/h7-51H,1-6H3.